The Hall–Kier alpha value is -1.39. The summed E-state index contributed by atoms with van der Waals surface area (Å²) in [5, 5.41) is 0. The number of imidazole rings is 1. The van der Waals surface area contributed by atoms with E-state index in [-0.39, 0.29) is 0 Å². The van der Waals surface area contributed by atoms with Gasteiger partial charge in [0.1, 0.15) is 5.82 Å². The van der Waals surface area contributed by atoms with Gasteiger partial charge in [-0.2, -0.15) is 0 Å². The zero-order valence-corrected chi connectivity index (χ0v) is 13.3. The van der Waals surface area contributed by atoms with E-state index < -0.39 is 0 Å². The van der Waals surface area contributed by atoms with E-state index in [1.807, 2.05) is 6.07 Å². The third kappa shape index (κ3) is 4.29. The van der Waals surface area contributed by atoms with E-state index in [1.54, 1.807) is 0 Å². The number of hydrogen-bond acceptors (Lipinski definition) is 3. The summed E-state index contributed by atoms with van der Waals surface area (Å²) in [6.45, 7) is 2.25. The highest BCUT2D eigenvalue weighted by Crippen LogP contribution is 2.16. The van der Waals surface area contributed by atoms with Gasteiger partial charge < -0.3 is 4.57 Å². The Morgan fingerprint density at radius 1 is 1.19 bits per heavy atom. The first-order valence-corrected chi connectivity index (χ1v) is 8.12. The quantitative estimate of drug-likeness (QED) is 0.423. The van der Waals surface area contributed by atoms with Crippen molar-refractivity contribution in [1.29, 1.82) is 0 Å². The Labute approximate surface area is 127 Å². The van der Waals surface area contributed by atoms with Crippen LogP contribution in [0.25, 0.3) is 11.0 Å². The zero-order chi connectivity index (χ0) is 15.1. The lowest BCUT2D eigenvalue weighted by Gasteiger charge is -2.15. The summed E-state index contributed by atoms with van der Waals surface area (Å²) in [5.74, 6) is 6.82. The first kappa shape index (κ1) is 16.0. The Balaban J connectivity index is 1.92. The van der Waals surface area contributed by atoms with Crippen LogP contribution < -0.4 is 11.3 Å². The number of rotatable bonds is 9. The molecule has 0 radical (unpaired) electrons. The van der Waals surface area contributed by atoms with Gasteiger partial charge in [0, 0.05) is 19.5 Å². The Morgan fingerprint density at radius 2 is 1.95 bits per heavy atom. The fraction of sp³-hybridized carbons (Fsp3) is 0.588. The fourth-order valence-corrected chi connectivity index (χ4v) is 2.84. The summed E-state index contributed by atoms with van der Waals surface area (Å²) in [6.07, 6.45) is 8.50. The van der Waals surface area contributed by atoms with Gasteiger partial charge in [0.15, 0.2) is 0 Å². The van der Waals surface area contributed by atoms with Crippen molar-refractivity contribution in [3.63, 3.8) is 0 Å². The molecule has 0 saturated carbocycles. The molecule has 0 amide bonds. The number of aryl methyl sites for hydroxylation is 1. The molecule has 2 rings (SSSR count). The number of aromatic nitrogens is 2. The number of nitrogens with one attached hydrogen (secondary N) is 1. The second kappa shape index (κ2) is 8.15. The molecule has 1 unspecified atom stereocenters. The number of benzene rings is 1. The minimum Gasteiger partial charge on any atom is -0.331 e. The van der Waals surface area contributed by atoms with E-state index in [4.69, 9.17) is 10.8 Å². The first-order valence-electron chi connectivity index (χ1n) is 8.12. The third-order valence-electron chi connectivity index (χ3n) is 4.20. The Bertz CT molecular complexity index is 547. The molecule has 4 nitrogen and oxygen atoms in total. The van der Waals surface area contributed by atoms with E-state index >= 15 is 0 Å². The molecule has 0 aliphatic rings. The van der Waals surface area contributed by atoms with Crippen molar-refractivity contribution in [2.45, 2.75) is 57.9 Å². The van der Waals surface area contributed by atoms with Crippen molar-refractivity contribution in [2.75, 3.05) is 0 Å². The third-order valence-corrected chi connectivity index (χ3v) is 4.20. The number of nitrogens with zero attached hydrogens (tertiary/aromatic N) is 2. The van der Waals surface area contributed by atoms with Gasteiger partial charge in [0.25, 0.3) is 0 Å². The Morgan fingerprint density at radius 3 is 2.67 bits per heavy atom. The van der Waals surface area contributed by atoms with Gasteiger partial charge in [-0.15, -0.1) is 0 Å². The molecule has 116 valence electrons. The highest BCUT2D eigenvalue weighted by Gasteiger charge is 2.13. The van der Waals surface area contributed by atoms with Crippen molar-refractivity contribution in [3.8, 4) is 0 Å². The van der Waals surface area contributed by atoms with Crippen LogP contribution in [0.5, 0.6) is 0 Å². The molecule has 0 aliphatic carbocycles. The molecule has 0 spiro atoms. The molecule has 0 fully saturated rings. The lowest BCUT2D eigenvalue weighted by molar-refractivity contribution is 0.450. The van der Waals surface area contributed by atoms with Gasteiger partial charge >= 0.3 is 0 Å². The van der Waals surface area contributed by atoms with Crippen LogP contribution in [0.2, 0.25) is 0 Å². The average molecular weight is 288 g/mol. The first-order chi connectivity index (χ1) is 10.3. The molecular weight excluding hydrogens is 260 g/mol. The molecule has 4 heteroatoms. The summed E-state index contributed by atoms with van der Waals surface area (Å²) >= 11 is 0. The smallest absolute Gasteiger partial charge is 0.111 e. The predicted octanol–water partition coefficient (Wildman–Crippen LogP) is 3.31. The van der Waals surface area contributed by atoms with Crippen molar-refractivity contribution in [2.24, 2.45) is 12.9 Å². The largest absolute Gasteiger partial charge is 0.331 e. The zero-order valence-electron chi connectivity index (χ0n) is 13.3. The number of para-hydroxylation sites is 2. The number of fused-ring (bicyclic) bond motifs is 1. The topological polar surface area (TPSA) is 55.9 Å². The van der Waals surface area contributed by atoms with Crippen LogP contribution in [0.4, 0.5) is 0 Å². The molecule has 1 atom stereocenters. The summed E-state index contributed by atoms with van der Waals surface area (Å²) in [4.78, 5) is 4.73. The number of hydrazine groups is 1. The number of hydrogen-bond donors (Lipinski definition) is 2. The van der Waals surface area contributed by atoms with Gasteiger partial charge in [-0.25, -0.2) is 4.98 Å². The lowest BCUT2D eigenvalue weighted by atomic mass is 10.0. The second-order valence-corrected chi connectivity index (χ2v) is 5.85. The highest BCUT2D eigenvalue weighted by atomic mass is 15.2. The highest BCUT2D eigenvalue weighted by molar-refractivity contribution is 5.75. The molecule has 1 heterocycles. The van der Waals surface area contributed by atoms with Gasteiger partial charge in [0.2, 0.25) is 0 Å². The average Bonchev–Trinajstić information content (AvgIpc) is 2.82. The molecule has 0 aliphatic heterocycles. The molecule has 1 aromatic carbocycles. The SMILES string of the molecule is CCCCCCCC(Cc1nc2ccccc2n1C)NN. The molecule has 0 saturated heterocycles. The van der Waals surface area contributed by atoms with Crippen LogP contribution in [0, 0.1) is 0 Å². The van der Waals surface area contributed by atoms with E-state index in [0.29, 0.717) is 6.04 Å². The minimum absolute atomic E-state index is 0.308. The summed E-state index contributed by atoms with van der Waals surface area (Å²) in [7, 11) is 2.08. The monoisotopic (exact) mass is 288 g/mol. The van der Waals surface area contributed by atoms with Crippen LogP contribution in [-0.4, -0.2) is 15.6 Å². The predicted molar refractivity (Wildman–Crippen MR) is 88.9 cm³/mol. The molecular formula is C17H28N4. The van der Waals surface area contributed by atoms with Crippen LogP contribution in [0.3, 0.4) is 0 Å². The van der Waals surface area contributed by atoms with Crippen molar-refractivity contribution >= 4 is 11.0 Å². The molecule has 2 aromatic rings. The van der Waals surface area contributed by atoms with E-state index in [0.717, 1.165) is 24.2 Å². The minimum atomic E-state index is 0.308. The Kier molecular flexibility index (Phi) is 6.21. The van der Waals surface area contributed by atoms with Crippen LogP contribution in [0.1, 0.15) is 51.3 Å². The molecule has 0 bridgehead atoms. The van der Waals surface area contributed by atoms with Gasteiger partial charge in [-0.1, -0.05) is 51.2 Å². The van der Waals surface area contributed by atoms with Crippen LogP contribution >= 0.6 is 0 Å². The fourth-order valence-electron chi connectivity index (χ4n) is 2.84. The van der Waals surface area contributed by atoms with Crippen molar-refractivity contribution in [3.05, 3.63) is 30.1 Å². The van der Waals surface area contributed by atoms with Crippen molar-refractivity contribution < 1.29 is 0 Å². The number of nitrogens with two attached hydrogens (primary N) is 1. The summed E-state index contributed by atoms with van der Waals surface area (Å²) in [5.41, 5.74) is 5.21. The lowest BCUT2D eigenvalue weighted by Crippen LogP contribution is -2.37. The van der Waals surface area contributed by atoms with E-state index in [2.05, 4.69) is 42.2 Å². The molecule has 1 aromatic heterocycles. The van der Waals surface area contributed by atoms with Crippen LogP contribution in [0.15, 0.2) is 24.3 Å². The molecule has 3 N–H and O–H groups in total. The summed E-state index contributed by atoms with van der Waals surface area (Å²) in [6, 6.07) is 8.57. The number of unbranched alkanes of at least 4 members (excludes halogenated alkanes) is 4. The van der Waals surface area contributed by atoms with E-state index in [1.165, 1.54) is 37.6 Å². The van der Waals surface area contributed by atoms with Crippen LogP contribution in [-0.2, 0) is 13.5 Å². The maximum atomic E-state index is 5.72. The second-order valence-electron chi connectivity index (χ2n) is 5.85. The van der Waals surface area contributed by atoms with Gasteiger partial charge in [0.05, 0.1) is 11.0 Å². The van der Waals surface area contributed by atoms with Gasteiger partial charge in [-0.3, -0.25) is 11.3 Å². The van der Waals surface area contributed by atoms with Crippen molar-refractivity contribution in [1.82, 2.24) is 15.0 Å². The summed E-state index contributed by atoms with van der Waals surface area (Å²) < 4.78 is 2.18. The standard InChI is InChI=1S/C17H28N4/c1-3-4-5-6-7-10-14(20-18)13-17-19-15-11-8-9-12-16(15)21(17)2/h8-9,11-12,14,20H,3-7,10,13,18H2,1-2H3. The maximum Gasteiger partial charge on any atom is 0.111 e. The van der Waals surface area contributed by atoms with Gasteiger partial charge in [-0.05, 0) is 18.6 Å². The molecule has 21 heavy (non-hydrogen) atoms. The van der Waals surface area contributed by atoms with E-state index in [9.17, 15) is 0 Å². The normalized spacial score (nSPS) is 12.9. The maximum absolute atomic E-state index is 5.72.